The van der Waals surface area contributed by atoms with Gasteiger partial charge >= 0.3 is 5.97 Å². The first-order valence-corrected chi connectivity index (χ1v) is 9.56. The van der Waals surface area contributed by atoms with Gasteiger partial charge in [-0.25, -0.2) is 0 Å². The van der Waals surface area contributed by atoms with Crippen LogP contribution in [0.5, 0.6) is 5.75 Å². The molecule has 0 saturated carbocycles. The minimum absolute atomic E-state index is 0.0543. The topological polar surface area (TPSA) is 75.6 Å². The van der Waals surface area contributed by atoms with E-state index in [2.05, 4.69) is 5.32 Å². The van der Waals surface area contributed by atoms with E-state index in [1.807, 2.05) is 62.4 Å². The third kappa shape index (κ3) is 6.11. The van der Waals surface area contributed by atoms with Crippen molar-refractivity contribution < 1.29 is 19.4 Å². The second-order valence-corrected chi connectivity index (χ2v) is 6.84. The maximum absolute atomic E-state index is 12.6. The first kappa shape index (κ1) is 19.8. The van der Waals surface area contributed by atoms with E-state index in [1.165, 1.54) is 11.8 Å². The van der Waals surface area contributed by atoms with Gasteiger partial charge in [-0.3, -0.25) is 9.59 Å². The van der Waals surface area contributed by atoms with Crippen molar-refractivity contribution >= 4 is 29.3 Å². The largest absolute Gasteiger partial charge is 0.481 e. The fraction of sp³-hybridized carbons (Fsp3) is 0.300. The molecule has 5 nitrogen and oxygen atoms in total. The molecule has 1 atom stereocenters. The molecule has 26 heavy (non-hydrogen) atoms. The lowest BCUT2D eigenvalue weighted by molar-refractivity contribution is -0.134. The molecule has 0 radical (unpaired) electrons. The van der Waals surface area contributed by atoms with Gasteiger partial charge < -0.3 is 15.2 Å². The third-order valence-electron chi connectivity index (χ3n) is 3.71. The molecule has 1 unspecified atom stereocenters. The van der Waals surface area contributed by atoms with Crippen molar-refractivity contribution in [3.05, 3.63) is 59.7 Å². The Labute approximate surface area is 157 Å². The lowest BCUT2D eigenvalue weighted by atomic mass is 10.2. The standard InChI is InChI=1S/C20H23NO4S/c1-3-17(25-18-10-5-4-7-14(18)2)20(24)21-16-9-6-8-15(11-16)12-26-13-19(22)23/h4-11,17H,3,12-13H2,1-2H3,(H,21,24)(H,22,23). The predicted molar refractivity (Wildman–Crippen MR) is 105 cm³/mol. The summed E-state index contributed by atoms with van der Waals surface area (Å²) in [6.07, 6.45) is -0.0324. The number of aliphatic carboxylic acids is 1. The van der Waals surface area contributed by atoms with Crippen LogP contribution >= 0.6 is 11.8 Å². The molecule has 2 rings (SSSR count). The van der Waals surface area contributed by atoms with Gasteiger partial charge in [-0.15, -0.1) is 11.8 Å². The Morgan fingerprint density at radius 3 is 2.65 bits per heavy atom. The SMILES string of the molecule is CCC(Oc1ccccc1C)C(=O)Nc1cccc(CSCC(=O)O)c1. The van der Waals surface area contributed by atoms with Gasteiger partial charge in [0.2, 0.25) is 0 Å². The highest BCUT2D eigenvalue weighted by Gasteiger charge is 2.19. The van der Waals surface area contributed by atoms with Gasteiger partial charge in [-0.1, -0.05) is 37.3 Å². The molecule has 0 saturated heterocycles. The number of nitrogens with one attached hydrogen (secondary N) is 1. The van der Waals surface area contributed by atoms with Crippen LogP contribution < -0.4 is 10.1 Å². The summed E-state index contributed by atoms with van der Waals surface area (Å²) in [4.78, 5) is 23.1. The van der Waals surface area contributed by atoms with Crippen LogP contribution in [0.3, 0.4) is 0 Å². The van der Waals surface area contributed by atoms with Crippen LogP contribution in [0.4, 0.5) is 5.69 Å². The van der Waals surface area contributed by atoms with E-state index in [4.69, 9.17) is 9.84 Å². The first-order valence-electron chi connectivity index (χ1n) is 8.41. The van der Waals surface area contributed by atoms with Gasteiger partial charge in [-0.2, -0.15) is 0 Å². The molecule has 0 fully saturated rings. The maximum Gasteiger partial charge on any atom is 0.313 e. The highest BCUT2D eigenvalue weighted by atomic mass is 32.2. The number of carboxylic acid groups (broad SMARTS) is 1. The fourth-order valence-electron chi connectivity index (χ4n) is 2.38. The van der Waals surface area contributed by atoms with Crippen molar-refractivity contribution in [2.24, 2.45) is 0 Å². The number of para-hydroxylation sites is 1. The number of carbonyl (C=O) groups excluding carboxylic acids is 1. The molecule has 0 bridgehead atoms. The summed E-state index contributed by atoms with van der Waals surface area (Å²) < 4.78 is 5.87. The van der Waals surface area contributed by atoms with Crippen molar-refractivity contribution in [2.45, 2.75) is 32.1 Å². The van der Waals surface area contributed by atoms with Crippen molar-refractivity contribution in [3.63, 3.8) is 0 Å². The normalized spacial score (nSPS) is 11.6. The summed E-state index contributed by atoms with van der Waals surface area (Å²) in [6.45, 7) is 3.85. The summed E-state index contributed by atoms with van der Waals surface area (Å²) in [7, 11) is 0. The van der Waals surface area contributed by atoms with Crippen LogP contribution in [-0.4, -0.2) is 28.8 Å². The zero-order chi connectivity index (χ0) is 18.9. The number of aryl methyl sites for hydroxylation is 1. The number of carboxylic acids is 1. The monoisotopic (exact) mass is 373 g/mol. The van der Waals surface area contributed by atoms with Crippen molar-refractivity contribution in [2.75, 3.05) is 11.1 Å². The van der Waals surface area contributed by atoms with Crippen LogP contribution in [0, 0.1) is 6.92 Å². The molecule has 0 heterocycles. The van der Waals surface area contributed by atoms with Crippen LogP contribution in [0.2, 0.25) is 0 Å². The molecular formula is C20H23NO4S. The van der Waals surface area contributed by atoms with Crippen molar-refractivity contribution in [1.82, 2.24) is 0 Å². The number of amides is 1. The average molecular weight is 373 g/mol. The van der Waals surface area contributed by atoms with Gasteiger partial charge in [0.05, 0.1) is 5.75 Å². The van der Waals surface area contributed by atoms with Gasteiger partial charge in [0.1, 0.15) is 5.75 Å². The zero-order valence-electron chi connectivity index (χ0n) is 14.9. The maximum atomic E-state index is 12.6. The number of ether oxygens (including phenoxy) is 1. The van der Waals surface area contributed by atoms with Gasteiger partial charge in [-0.05, 0) is 42.7 Å². The molecular weight excluding hydrogens is 350 g/mol. The second kappa shape index (κ2) is 9.87. The van der Waals surface area contributed by atoms with Gasteiger partial charge in [0, 0.05) is 11.4 Å². The lowest BCUT2D eigenvalue weighted by Crippen LogP contribution is -2.32. The number of hydrogen-bond acceptors (Lipinski definition) is 4. The molecule has 2 N–H and O–H groups in total. The minimum atomic E-state index is -0.835. The molecule has 0 spiro atoms. The van der Waals surface area contributed by atoms with E-state index in [0.717, 1.165) is 11.1 Å². The molecule has 0 aliphatic rings. The molecule has 6 heteroatoms. The van der Waals surface area contributed by atoms with Crippen LogP contribution in [0.25, 0.3) is 0 Å². The fourth-order valence-corrected chi connectivity index (χ4v) is 3.07. The summed E-state index contributed by atoms with van der Waals surface area (Å²) in [6, 6.07) is 15.0. The Hall–Kier alpha value is -2.47. The van der Waals surface area contributed by atoms with E-state index < -0.39 is 12.1 Å². The Morgan fingerprint density at radius 2 is 1.96 bits per heavy atom. The number of carbonyl (C=O) groups is 2. The summed E-state index contributed by atoms with van der Waals surface area (Å²) in [5, 5.41) is 11.6. The second-order valence-electron chi connectivity index (χ2n) is 5.86. The molecule has 0 aromatic heterocycles. The smallest absolute Gasteiger partial charge is 0.313 e. The first-order chi connectivity index (χ1) is 12.5. The Kier molecular flexibility index (Phi) is 7.53. The van der Waals surface area contributed by atoms with Gasteiger partial charge in [0.15, 0.2) is 6.10 Å². The van der Waals surface area contributed by atoms with E-state index >= 15 is 0 Å². The molecule has 1 amide bonds. The Morgan fingerprint density at radius 1 is 1.19 bits per heavy atom. The molecule has 2 aromatic rings. The molecule has 0 aliphatic carbocycles. The third-order valence-corrected chi connectivity index (χ3v) is 4.70. The Balaban J connectivity index is 1.98. The summed E-state index contributed by atoms with van der Waals surface area (Å²) in [5.74, 6) is 0.295. The number of thioether (sulfide) groups is 1. The summed E-state index contributed by atoms with van der Waals surface area (Å²) >= 11 is 1.32. The van der Waals surface area contributed by atoms with E-state index in [0.29, 0.717) is 23.6 Å². The molecule has 2 aromatic carbocycles. The number of hydrogen-bond donors (Lipinski definition) is 2. The molecule has 0 aliphatic heterocycles. The quantitative estimate of drug-likeness (QED) is 0.692. The van der Waals surface area contributed by atoms with Crippen LogP contribution in [-0.2, 0) is 15.3 Å². The predicted octanol–water partition coefficient (Wildman–Crippen LogP) is 4.11. The number of rotatable bonds is 9. The van der Waals surface area contributed by atoms with E-state index in [9.17, 15) is 9.59 Å². The molecule has 138 valence electrons. The Bertz CT molecular complexity index is 763. The zero-order valence-corrected chi connectivity index (χ0v) is 15.7. The number of anilines is 1. The van der Waals surface area contributed by atoms with Gasteiger partial charge in [0.25, 0.3) is 5.91 Å². The van der Waals surface area contributed by atoms with Crippen molar-refractivity contribution in [1.29, 1.82) is 0 Å². The van der Waals surface area contributed by atoms with Crippen molar-refractivity contribution in [3.8, 4) is 5.75 Å². The average Bonchev–Trinajstić information content (AvgIpc) is 2.61. The lowest BCUT2D eigenvalue weighted by Gasteiger charge is -2.18. The van der Waals surface area contributed by atoms with Crippen LogP contribution in [0.15, 0.2) is 48.5 Å². The highest BCUT2D eigenvalue weighted by Crippen LogP contribution is 2.20. The highest BCUT2D eigenvalue weighted by molar-refractivity contribution is 7.99. The van der Waals surface area contributed by atoms with Crippen LogP contribution in [0.1, 0.15) is 24.5 Å². The minimum Gasteiger partial charge on any atom is -0.481 e. The number of benzene rings is 2. The van der Waals surface area contributed by atoms with E-state index in [-0.39, 0.29) is 11.7 Å². The van der Waals surface area contributed by atoms with E-state index in [1.54, 1.807) is 0 Å². The summed E-state index contributed by atoms with van der Waals surface area (Å²) in [5.41, 5.74) is 2.62.